The molecule has 2 aliphatic heterocycles. The predicted octanol–water partition coefficient (Wildman–Crippen LogP) is 3.58. The lowest BCUT2D eigenvalue weighted by atomic mass is 10.2. The van der Waals surface area contributed by atoms with Crippen molar-refractivity contribution in [2.45, 2.75) is 6.61 Å². The second kappa shape index (κ2) is 9.15. The summed E-state index contributed by atoms with van der Waals surface area (Å²) in [5.74, 6) is 1.08. The molecule has 0 N–H and O–H groups in total. The van der Waals surface area contributed by atoms with Gasteiger partial charge in [0.1, 0.15) is 6.61 Å². The van der Waals surface area contributed by atoms with E-state index in [2.05, 4.69) is 9.89 Å². The van der Waals surface area contributed by atoms with Gasteiger partial charge in [0.05, 0.1) is 25.2 Å². The fraction of sp³-hybridized carbons (Fsp3) is 0.273. The molecule has 0 unspecified atom stereocenters. The lowest BCUT2D eigenvalue weighted by molar-refractivity contribution is -0.113. The SMILES string of the molecule is COc1cc(/C=C2/SC(N3CCOCC3)=NC2=O)ccc1OCc1ccccc1. The zero-order chi connectivity index (χ0) is 20.1. The van der Waals surface area contributed by atoms with Crippen LogP contribution < -0.4 is 9.47 Å². The van der Waals surface area contributed by atoms with Crippen molar-refractivity contribution in [3.63, 3.8) is 0 Å². The maximum Gasteiger partial charge on any atom is 0.286 e. The molecule has 0 spiro atoms. The molecule has 2 heterocycles. The third kappa shape index (κ3) is 4.81. The second-order valence-corrected chi connectivity index (χ2v) is 7.60. The third-order valence-electron chi connectivity index (χ3n) is 4.61. The minimum Gasteiger partial charge on any atom is -0.493 e. The van der Waals surface area contributed by atoms with Crippen LogP contribution in [-0.4, -0.2) is 49.4 Å². The number of thioether (sulfide) groups is 1. The Balaban J connectivity index is 1.45. The zero-order valence-electron chi connectivity index (χ0n) is 16.2. The first kappa shape index (κ1) is 19.5. The van der Waals surface area contributed by atoms with Gasteiger partial charge in [-0.1, -0.05) is 36.4 Å². The van der Waals surface area contributed by atoms with Crippen molar-refractivity contribution < 1.29 is 19.0 Å². The van der Waals surface area contributed by atoms with Crippen LogP contribution in [0, 0.1) is 0 Å². The van der Waals surface area contributed by atoms with Gasteiger partial charge in [-0.3, -0.25) is 4.79 Å². The first-order valence-electron chi connectivity index (χ1n) is 9.43. The smallest absolute Gasteiger partial charge is 0.286 e. The topological polar surface area (TPSA) is 60.4 Å². The molecule has 2 aromatic carbocycles. The molecule has 0 atom stereocenters. The van der Waals surface area contributed by atoms with E-state index in [1.54, 1.807) is 7.11 Å². The molecule has 0 saturated carbocycles. The van der Waals surface area contributed by atoms with Gasteiger partial charge in [0.15, 0.2) is 16.7 Å². The van der Waals surface area contributed by atoms with Crippen LogP contribution >= 0.6 is 11.8 Å². The molecule has 7 heteroatoms. The highest BCUT2D eigenvalue weighted by molar-refractivity contribution is 8.18. The number of rotatable bonds is 5. The molecule has 2 aliphatic rings. The lowest BCUT2D eigenvalue weighted by Crippen LogP contribution is -2.38. The third-order valence-corrected chi connectivity index (χ3v) is 5.66. The highest BCUT2D eigenvalue weighted by Gasteiger charge is 2.27. The number of hydrogen-bond acceptors (Lipinski definition) is 6. The van der Waals surface area contributed by atoms with Crippen molar-refractivity contribution in [2.75, 3.05) is 33.4 Å². The first-order chi connectivity index (χ1) is 14.2. The molecule has 2 aromatic rings. The molecule has 4 rings (SSSR count). The maximum absolute atomic E-state index is 12.3. The Hall–Kier alpha value is -2.77. The Morgan fingerprint density at radius 3 is 2.69 bits per heavy atom. The minimum absolute atomic E-state index is 0.208. The number of benzene rings is 2. The largest absolute Gasteiger partial charge is 0.493 e. The van der Waals surface area contributed by atoms with Gasteiger partial charge in [-0.25, -0.2) is 0 Å². The van der Waals surface area contributed by atoms with Crippen LogP contribution in [0.4, 0.5) is 0 Å². The Kier molecular flexibility index (Phi) is 6.17. The molecule has 0 aliphatic carbocycles. The standard InChI is InChI=1S/C22H22N2O4S/c1-26-19-13-17(7-8-18(19)28-15-16-5-3-2-4-6-16)14-20-21(25)23-22(29-20)24-9-11-27-12-10-24/h2-8,13-14H,9-12,15H2,1H3/b20-14+. The number of carbonyl (C=O) groups excluding carboxylic acids is 1. The van der Waals surface area contributed by atoms with Crippen LogP contribution in [0.3, 0.4) is 0 Å². The van der Waals surface area contributed by atoms with Crippen molar-refractivity contribution in [1.29, 1.82) is 0 Å². The van der Waals surface area contributed by atoms with Gasteiger partial charge >= 0.3 is 0 Å². The van der Waals surface area contributed by atoms with Crippen molar-refractivity contribution in [3.8, 4) is 11.5 Å². The van der Waals surface area contributed by atoms with Crippen LogP contribution in [0.5, 0.6) is 11.5 Å². The van der Waals surface area contributed by atoms with Gasteiger partial charge in [-0.2, -0.15) is 4.99 Å². The fourth-order valence-electron chi connectivity index (χ4n) is 3.07. The van der Waals surface area contributed by atoms with Crippen LogP contribution in [0.25, 0.3) is 6.08 Å². The quantitative estimate of drug-likeness (QED) is 0.703. The van der Waals surface area contributed by atoms with Crippen LogP contribution in [0.15, 0.2) is 58.4 Å². The van der Waals surface area contributed by atoms with E-state index in [0.717, 1.165) is 29.4 Å². The van der Waals surface area contributed by atoms with Gasteiger partial charge in [-0.05, 0) is 41.1 Å². The number of aliphatic imine (C=N–C) groups is 1. The molecule has 6 nitrogen and oxygen atoms in total. The van der Waals surface area contributed by atoms with E-state index in [4.69, 9.17) is 14.2 Å². The average Bonchev–Trinajstić information content (AvgIpc) is 3.14. The molecular formula is C22H22N2O4S. The average molecular weight is 410 g/mol. The van der Waals surface area contributed by atoms with Crippen LogP contribution in [0.2, 0.25) is 0 Å². The number of hydrogen-bond donors (Lipinski definition) is 0. The van der Waals surface area contributed by atoms with E-state index in [-0.39, 0.29) is 5.91 Å². The Labute approximate surface area is 174 Å². The Morgan fingerprint density at radius 1 is 1.14 bits per heavy atom. The summed E-state index contributed by atoms with van der Waals surface area (Å²) in [6, 6.07) is 15.6. The van der Waals surface area contributed by atoms with Crippen molar-refractivity contribution in [2.24, 2.45) is 4.99 Å². The molecule has 1 saturated heterocycles. The van der Waals surface area contributed by atoms with E-state index >= 15 is 0 Å². The molecule has 0 aromatic heterocycles. The van der Waals surface area contributed by atoms with Gasteiger partial charge in [0.25, 0.3) is 5.91 Å². The van der Waals surface area contributed by atoms with Crippen LogP contribution in [-0.2, 0) is 16.1 Å². The summed E-state index contributed by atoms with van der Waals surface area (Å²) < 4.78 is 16.7. The molecule has 1 fully saturated rings. The molecule has 150 valence electrons. The molecular weight excluding hydrogens is 388 g/mol. The Bertz CT molecular complexity index is 937. The summed E-state index contributed by atoms with van der Waals surface area (Å²) in [5.41, 5.74) is 1.95. The van der Waals surface area contributed by atoms with E-state index in [1.165, 1.54) is 11.8 Å². The summed E-state index contributed by atoms with van der Waals surface area (Å²) in [6.07, 6.45) is 1.84. The van der Waals surface area contributed by atoms with Crippen molar-refractivity contribution in [3.05, 3.63) is 64.6 Å². The number of ether oxygens (including phenoxy) is 3. The van der Waals surface area contributed by atoms with Gasteiger partial charge in [0.2, 0.25) is 0 Å². The zero-order valence-corrected chi connectivity index (χ0v) is 17.0. The van der Waals surface area contributed by atoms with Gasteiger partial charge in [0, 0.05) is 13.1 Å². The molecule has 0 radical (unpaired) electrons. The predicted molar refractivity (Wildman–Crippen MR) is 114 cm³/mol. The van der Waals surface area contributed by atoms with Crippen molar-refractivity contribution in [1.82, 2.24) is 4.90 Å². The number of methoxy groups -OCH3 is 1. The maximum atomic E-state index is 12.3. The first-order valence-corrected chi connectivity index (χ1v) is 10.2. The Morgan fingerprint density at radius 2 is 1.93 bits per heavy atom. The normalized spacial score (nSPS) is 18.1. The molecule has 0 bridgehead atoms. The van der Waals surface area contributed by atoms with Gasteiger partial charge < -0.3 is 19.1 Å². The number of amidine groups is 1. The number of nitrogens with zero attached hydrogens (tertiary/aromatic N) is 2. The van der Waals surface area contributed by atoms with E-state index in [1.807, 2.05) is 54.6 Å². The minimum atomic E-state index is -0.208. The monoisotopic (exact) mass is 410 g/mol. The fourth-order valence-corrected chi connectivity index (χ4v) is 4.03. The number of morpholine rings is 1. The summed E-state index contributed by atoms with van der Waals surface area (Å²) in [7, 11) is 1.61. The lowest BCUT2D eigenvalue weighted by Gasteiger charge is -2.27. The summed E-state index contributed by atoms with van der Waals surface area (Å²) in [6.45, 7) is 3.30. The number of amides is 1. The van der Waals surface area contributed by atoms with E-state index in [0.29, 0.717) is 36.2 Å². The molecule has 29 heavy (non-hydrogen) atoms. The highest BCUT2D eigenvalue weighted by atomic mass is 32.2. The molecule has 1 amide bonds. The summed E-state index contributed by atoms with van der Waals surface area (Å²) >= 11 is 1.41. The second-order valence-electron chi connectivity index (χ2n) is 6.59. The number of carbonyl (C=O) groups is 1. The van der Waals surface area contributed by atoms with E-state index in [9.17, 15) is 4.79 Å². The van der Waals surface area contributed by atoms with Crippen molar-refractivity contribution >= 4 is 28.9 Å². The summed E-state index contributed by atoms with van der Waals surface area (Å²) in [4.78, 5) is 19.2. The van der Waals surface area contributed by atoms with Crippen LogP contribution in [0.1, 0.15) is 11.1 Å². The van der Waals surface area contributed by atoms with E-state index < -0.39 is 0 Å². The van der Waals surface area contributed by atoms with Gasteiger partial charge in [-0.15, -0.1) is 0 Å². The highest BCUT2D eigenvalue weighted by Crippen LogP contribution is 2.33. The summed E-state index contributed by atoms with van der Waals surface area (Å²) in [5, 5.41) is 0.749.